The minimum Gasteiger partial charge on any atom is -0.374 e. The van der Waals surface area contributed by atoms with Crippen LogP contribution in [0.4, 0.5) is 0 Å². The molecule has 2 rings (SSSR count). The van der Waals surface area contributed by atoms with Crippen molar-refractivity contribution >= 4 is 0 Å². The molecule has 0 N–H and O–H groups in total. The number of methoxy groups -OCH3 is 1. The molecule has 120 valence electrons. The summed E-state index contributed by atoms with van der Waals surface area (Å²) in [6, 6.07) is 9.72. The molecule has 5 atom stereocenters. The molecule has 0 radical (unpaired) electrons. The smallest absolute Gasteiger partial charge is 0.166 e. The Morgan fingerprint density at radius 2 is 1.95 bits per heavy atom. The predicted octanol–water partition coefficient (Wildman–Crippen LogP) is 3.53. The van der Waals surface area contributed by atoms with Crippen molar-refractivity contribution in [3.05, 3.63) is 46.3 Å². The van der Waals surface area contributed by atoms with E-state index < -0.39 is 6.29 Å². The SMILES string of the molecule is CO[C@@H]1OC(COCc2ccccc2)[C@H](C)[C@H](C)C1N=[N+]=[N-]. The quantitative estimate of drug-likeness (QED) is 0.458. The molecular formula is C16H23N3O3. The second kappa shape index (κ2) is 8.15. The van der Waals surface area contributed by atoms with Crippen molar-refractivity contribution in [2.75, 3.05) is 13.7 Å². The Bertz CT molecular complexity index is 503. The van der Waals surface area contributed by atoms with Crippen LogP contribution >= 0.6 is 0 Å². The lowest BCUT2D eigenvalue weighted by molar-refractivity contribution is -0.230. The molecule has 1 heterocycles. The molecule has 0 saturated carbocycles. The molecule has 1 aliphatic heterocycles. The third-order valence-electron chi connectivity index (χ3n) is 4.35. The van der Waals surface area contributed by atoms with Crippen LogP contribution in [0.5, 0.6) is 0 Å². The molecule has 1 fully saturated rings. The molecule has 0 amide bonds. The highest BCUT2D eigenvalue weighted by molar-refractivity contribution is 5.13. The molecule has 1 saturated heterocycles. The van der Waals surface area contributed by atoms with Crippen LogP contribution in [-0.2, 0) is 20.8 Å². The van der Waals surface area contributed by atoms with Crippen molar-refractivity contribution in [1.82, 2.24) is 0 Å². The van der Waals surface area contributed by atoms with Gasteiger partial charge in [0.15, 0.2) is 6.29 Å². The first-order chi connectivity index (χ1) is 10.7. The zero-order chi connectivity index (χ0) is 15.9. The fraction of sp³-hybridized carbons (Fsp3) is 0.625. The van der Waals surface area contributed by atoms with Gasteiger partial charge in [-0.2, -0.15) is 0 Å². The standard InChI is InChI=1S/C16H23N3O3/c1-11-12(2)15(18-19-17)16(20-3)22-14(11)10-21-9-13-7-5-4-6-8-13/h4-8,11-12,14-16H,9-10H2,1-3H3/t11-,12+,14?,15?,16-/m1/s1. The number of rotatable bonds is 6. The van der Waals surface area contributed by atoms with Crippen molar-refractivity contribution in [3.8, 4) is 0 Å². The van der Waals surface area contributed by atoms with E-state index in [4.69, 9.17) is 19.7 Å². The summed E-state index contributed by atoms with van der Waals surface area (Å²) in [7, 11) is 1.56. The van der Waals surface area contributed by atoms with Crippen molar-refractivity contribution in [1.29, 1.82) is 0 Å². The Morgan fingerprint density at radius 1 is 1.23 bits per heavy atom. The Labute approximate surface area is 131 Å². The van der Waals surface area contributed by atoms with Crippen molar-refractivity contribution in [3.63, 3.8) is 0 Å². The lowest BCUT2D eigenvalue weighted by Crippen LogP contribution is -2.50. The van der Waals surface area contributed by atoms with Gasteiger partial charge in [-0.1, -0.05) is 49.3 Å². The first kappa shape index (κ1) is 16.8. The molecular weight excluding hydrogens is 282 g/mol. The van der Waals surface area contributed by atoms with Crippen LogP contribution < -0.4 is 0 Å². The topological polar surface area (TPSA) is 76.5 Å². The van der Waals surface area contributed by atoms with E-state index >= 15 is 0 Å². The van der Waals surface area contributed by atoms with E-state index in [1.807, 2.05) is 30.3 Å². The highest BCUT2D eigenvalue weighted by Gasteiger charge is 2.41. The van der Waals surface area contributed by atoms with Gasteiger partial charge in [0.25, 0.3) is 0 Å². The molecule has 6 nitrogen and oxygen atoms in total. The molecule has 22 heavy (non-hydrogen) atoms. The molecule has 0 aliphatic carbocycles. The summed E-state index contributed by atoms with van der Waals surface area (Å²) in [6.07, 6.45) is -0.596. The fourth-order valence-corrected chi connectivity index (χ4v) is 2.75. The minimum atomic E-state index is -0.521. The van der Waals surface area contributed by atoms with Gasteiger partial charge < -0.3 is 14.2 Å². The van der Waals surface area contributed by atoms with Gasteiger partial charge in [0, 0.05) is 12.0 Å². The molecule has 1 aromatic rings. The number of hydrogen-bond donors (Lipinski definition) is 0. The third-order valence-corrected chi connectivity index (χ3v) is 4.35. The third kappa shape index (κ3) is 3.99. The van der Waals surface area contributed by atoms with Crippen LogP contribution in [0.15, 0.2) is 35.4 Å². The lowest BCUT2D eigenvalue weighted by atomic mass is 9.82. The first-order valence-electron chi connectivity index (χ1n) is 7.51. The molecule has 6 heteroatoms. The van der Waals surface area contributed by atoms with Gasteiger partial charge >= 0.3 is 0 Å². The molecule has 2 unspecified atom stereocenters. The number of azide groups is 1. The van der Waals surface area contributed by atoms with E-state index in [2.05, 4.69) is 23.9 Å². The van der Waals surface area contributed by atoms with Crippen LogP contribution in [0, 0.1) is 11.8 Å². The summed E-state index contributed by atoms with van der Waals surface area (Å²) >= 11 is 0. The summed E-state index contributed by atoms with van der Waals surface area (Å²) in [5, 5.41) is 3.82. The maximum atomic E-state index is 8.69. The van der Waals surface area contributed by atoms with Gasteiger partial charge in [0.2, 0.25) is 0 Å². The molecule has 0 bridgehead atoms. The number of benzene rings is 1. The van der Waals surface area contributed by atoms with Crippen molar-refractivity contribution in [2.45, 2.75) is 38.9 Å². The highest BCUT2D eigenvalue weighted by Crippen LogP contribution is 2.33. The number of nitrogens with zero attached hydrogens (tertiary/aromatic N) is 3. The van der Waals surface area contributed by atoms with Gasteiger partial charge in [-0.05, 0) is 22.9 Å². The molecule has 0 spiro atoms. The number of hydrogen-bond acceptors (Lipinski definition) is 4. The summed E-state index contributed by atoms with van der Waals surface area (Å²) in [5.41, 5.74) is 9.83. The largest absolute Gasteiger partial charge is 0.374 e. The normalized spacial score (nSPS) is 31.5. The summed E-state index contributed by atoms with van der Waals surface area (Å²) in [4.78, 5) is 2.90. The average Bonchev–Trinajstić information content (AvgIpc) is 2.55. The van der Waals surface area contributed by atoms with E-state index in [1.165, 1.54) is 0 Å². The maximum absolute atomic E-state index is 8.69. The fourth-order valence-electron chi connectivity index (χ4n) is 2.75. The van der Waals surface area contributed by atoms with E-state index in [9.17, 15) is 0 Å². The summed E-state index contributed by atoms with van der Waals surface area (Å²) in [6.45, 7) is 5.19. The second-order valence-corrected chi connectivity index (χ2v) is 5.69. The second-order valence-electron chi connectivity index (χ2n) is 5.69. The van der Waals surface area contributed by atoms with Crippen LogP contribution in [0.1, 0.15) is 19.4 Å². The molecule has 1 aliphatic rings. The van der Waals surface area contributed by atoms with E-state index in [1.54, 1.807) is 7.11 Å². The average molecular weight is 305 g/mol. The minimum absolute atomic E-state index is 0.0752. The zero-order valence-electron chi connectivity index (χ0n) is 13.3. The Kier molecular flexibility index (Phi) is 6.21. The summed E-state index contributed by atoms with van der Waals surface area (Å²) < 4.78 is 17.0. The van der Waals surface area contributed by atoms with Gasteiger partial charge in [-0.15, -0.1) is 0 Å². The molecule has 0 aromatic heterocycles. The zero-order valence-corrected chi connectivity index (χ0v) is 13.3. The van der Waals surface area contributed by atoms with E-state index in [0.717, 1.165) is 5.56 Å². The van der Waals surface area contributed by atoms with Gasteiger partial charge in [0.05, 0.1) is 25.4 Å². The Hall–Kier alpha value is -1.59. The van der Waals surface area contributed by atoms with E-state index in [0.29, 0.717) is 13.2 Å². The van der Waals surface area contributed by atoms with Gasteiger partial charge in [-0.25, -0.2) is 0 Å². The Morgan fingerprint density at radius 3 is 2.59 bits per heavy atom. The van der Waals surface area contributed by atoms with Crippen LogP contribution in [0.2, 0.25) is 0 Å². The van der Waals surface area contributed by atoms with Crippen LogP contribution in [-0.4, -0.2) is 32.2 Å². The maximum Gasteiger partial charge on any atom is 0.166 e. The molecule has 1 aromatic carbocycles. The van der Waals surface area contributed by atoms with Crippen molar-refractivity contribution < 1.29 is 14.2 Å². The van der Waals surface area contributed by atoms with Crippen LogP contribution in [0.25, 0.3) is 10.4 Å². The van der Waals surface area contributed by atoms with Crippen molar-refractivity contribution in [2.24, 2.45) is 17.0 Å². The number of ether oxygens (including phenoxy) is 3. The van der Waals surface area contributed by atoms with Gasteiger partial charge in [-0.3, -0.25) is 0 Å². The van der Waals surface area contributed by atoms with E-state index in [-0.39, 0.29) is 24.0 Å². The summed E-state index contributed by atoms with van der Waals surface area (Å²) in [5.74, 6) is 0.387. The predicted molar refractivity (Wildman–Crippen MR) is 83.0 cm³/mol. The van der Waals surface area contributed by atoms with Crippen LogP contribution in [0.3, 0.4) is 0 Å². The van der Waals surface area contributed by atoms with Gasteiger partial charge in [0.1, 0.15) is 0 Å². The highest BCUT2D eigenvalue weighted by atomic mass is 16.7. The lowest BCUT2D eigenvalue weighted by Gasteiger charge is -2.42. The monoisotopic (exact) mass is 305 g/mol. The first-order valence-corrected chi connectivity index (χ1v) is 7.51. The Balaban J connectivity index is 1.92.